The van der Waals surface area contributed by atoms with E-state index in [4.69, 9.17) is 9.05 Å². The molecule has 0 bridgehead atoms. The predicted octanol–water partition coefficient (Wildman–Crippen LogP) is 5.22. The van der Waals surface area contributed by atoms with Gasteiger partial charge in [0.25, 0.3) is 0 Å². The van der Waals surface area contributed by atoms with Crippen molar-refractivity contribution in [2.24, 2.45) is 0 Å². The third kappa shape index (κ3) is 7.08. The van der Waals surface area contributed by atoms with Crippen molar-refractivity contribution in [1.82, 2.24) is 0 Å². The van der Waals surface area contributed by atoms with Gasteiger partial charge in [-0.15, -0.1) is 0 Å². The molecule has 0 aliphatic rings. The van der Waals surface area contributed by atoms with E-state index in [0.29, 0.717) is 12.0 Å². The standard InChI is InChI=1S/C14H21F3O5P2/c1-4-10(2)22-24(19,20)9-23(18)21-11(3)12-5-7-13(8-6-12)14(15,16)17/h5-8,10-11,23H,4,9H2,1-3H3,(H,19,20). The summed E-state index contributed by atoms with van der Waals surface area (Å²) in [5, 5.41) is 0. The molecule has 5 nitrogen and oxygen atoms in total. The lowest BCUT2D eigenvalue weighted by Crippen LogP contribution is -2.06. The van der Waals surface area contributed by atoms with Crippen molar-refractivity contribution < 1.29 is 36.2 Å². The van der Waals surface area contributed by atoms with Gasteiger partial charge in [0.1, 0.15) is 5.90 Å². The van der Waals surface area contributed by atoms with Crippen LogP contribution in [0.2, 0.25) is 0 Å². The molecule has 4 atom stereocenters. The van der Waals surface area contributed by atoms with Crippen LogP contribution < -0.4 is 0 Å². The molecule has 4 unspecified atom stereocenters. The molecule has 1 N–H and O–H groups in total. The summed E-state index contributed by atoms with van der Waals surface area (Å²) in [6.07, 6.45) is -5.15. The molecule has 1 aromatic carbocycles. The Kier molecular flexibility index (Phi) is 7.70. The molecule has 0 aromatic heterocycles. The van der Waals surface area contributed by atoms with Crippen LogP contribution in [0.5, 0.6) is 0 Å². The van der Waals surface area contributed by atoms with E-state index in [2.05, 4.69) is 0 Å². The van der Waals surface area contributed by atoms with E-state index in [-0.39, 0.29) is 0 Å². The Balaban J connectivity index is 2.65. The van der Waals surface area contributed by atoms with Gasteiger partial charge in [-0.25, -0.2) is 0 Å². The van der Waals surface area contributed by atoms with Crippen LogP contribution in [-0.4, -0.2) is 16.9 Å². The molecule has 0 amide bonds. The van der Waals surface area contributed by atoms with Gasteiger partial charge in [-0.3, -0.25) is 9.13 Å². The highest BCUT2D eigenvalue weighted by Gasteiger charge is 2.30. The minimum Gasteiger partial charge on any atom is -0.324 e. The Labute approximate surface area is 139 Å². The molecule has 0 fully saturated rings. The van der Waals surface area contributed by atoms with E-state index in [1.807, 2.05) is 0 Å². The maximum absolute atomic E-state index is 12.5. The minimum atomic E-state index is -4.44. The van der Waals surface area contributed by atoms with E-state index in [9.17, 15) is 27.2 Å². The quantitative estimate of drug-likeness (QED) is 0.619. The molecule has 24 heavy (non-hydrogen) atoms. The molecule has 0 radical (unpaired) electrons. The number of halogens is 3. The Morgan fingerprint density at radius 1 is 1.25 bits per heavy atom. The van der Waals surface area contributed by atoms with Gasteiger partial charge < -0.3 is 13.9 Å². The lowest BCUT2D eigenvalue weighted by molar-refractivity contribution is -0.137. The largest absolute Gasteiger partial charge is 0.416 e. The fraction of sp³-hybridized carbons (Fsp3) is 0.571. The summed E-state index contributed by atoms with van der Waals surface area (Å²) in [7, 11) is -6.93. The third-order valence-electron chi connectivity index (χ3n) is 3.26. The Morgan fingerprint density at radius 3 is 2.25 bits per heavy atom. The maximum atomic E-state index is 12.5. The van der Waals surface area contributed by atoms with Crippen LogP contribution in [-0.2, 0) is 24.4 Å². The van der Waals surface area contributed by atoms with Crippen LogP contribution in [0.25, 0.3) is 0 Å². The second kappa shape index (κ2) is 8.63. The molecule has 0 aliphatic heterocycles. The van der Waals surface area contributed by atoms with Gasteiger partial charge in [0, 0.05) is 0 Å². The number of rotatable bonds is 8. The van der Waals surface area contributed by atoms with Crippen LogP contribution in [0, 0.1) is 0 Å². The van der Waals surface area contributed by atoms with Crippen molar-refractivity contribution in [2.45, 2.75) is 45.6 Å². The van der Waals surface area contributed by atoms with Gasteiger partial charge in [-0.1, -0.05) is 19.1 Å². The molecule has 0 spiro atoms. The Bertz CT molecular complexity index is 603. The second-order valence-electron chi connectivity index (χ2n) is 5.37. The maximum Gasteiger partial charge on any atom is 0.416 e. The van der Waals surface area contributed by atoms with E-state index < -0.39 is 45.5 Å². The van der Waals surface area contributed by atoms with Crippen LogP contribution in [0.4, 0.5) is 13.2 Å². The van der Waals surface area contributed by atoms with Crippen molar-refractivity contribution in [1.29, 1.82) is 0 Å². The van der Waals surface area contributed by atoms with E-state index >= 15 is 0 Å². The topological polar surface area (TPSA) is 72.8 Å². The highest BCUT2D eigenvalue weighted by molar-refractivity contribution is 7.65. The van der Waals surface area contributed by atoms with Gasteiger partial charge in [0.15, 0.2) is 0 Å². The zero-order valence-electron chi connectivity index (χ0n) is 13.5. The van der Waals surface area contributed by atoms with Crippen LogP contribution in [0.1, 0.15) is 44.4 Å². The molecule has 10 heteroatoms. The number of alkyl halides is 3. The van der Waals surface area contributed by atoms with Gasteiger partial charge in [0.05, 0.1) is 17.8 Å². The number of hydrogen-bond acceptors (Lipinski definition) is 4. The first kappa shape index (κ1) is 21.4. The van der Waals surface area contributed by atoms with Gasteiger partial charge in [-0.05, 0) is 38.0 Å². The summed E-state index contributed by atoms with van der Waals surface area (Å²) in [5.74, 6) is -0.632. The van der Waals surface area contributed by atoms with Crippen molar-refractivity contribution in [3.8, 4) is 0 Å². The summed E-state index contributed by atoms with van der Waals surface area (Å²) in [4.78, 5) is 9.65. The van der Waals surface area contributed by atoms with Crippen LogP contribution in [0.15, 0.2) is 24.3 Å². The zero-order chi connectivity index (χ0) is 18.5. The van der Waals surface area contributed by atoms with Gasteiger partial charge in [-0.2, -0.15) is 13.2 Å². The summed E-state index contributed by atoms with van der Waals surface area (Å²) < 4.78 is 71.3. The lowest BCUT2D eigenvalue weighted by atomic mass is 10.1. The summed E-state index contributed by atoms with van der Waals surface area (Å²) in [6, 6.07) is 4.23. The third-order valence-corrected chi connectivity index (χ3v) is 7.20. The van der Waals surface area contributed by atoms with E-state index in [1.165, 1.54) is 19.1 Å². The monoisotopic (exact) mass is 388 g/mol. The average Bonchev–Trinajstić information content (AvgIpc) is 2.44. The number of hydrogen-bond donors (Lipinski definition) is 1. The average molecular weight is 388 g/mol. The zero-order valence-corrected chi connectivity index (χ0v) is 15.4. The Hall–Kier alpha value is -0.650. The Morgan fingerprint density at radius 2 is 1.79 bits per heavy atom. The molecule has 1 aromatic rings. The minimum absolute atomic E-state index is 0.386. The first-order valence-corrected chi connectivity index (χ1v) is 10.6. The molecule has 0 heterocycles. The highest BCUT2D eigenvalue weighted by atomic mass is 31.2. The highest BCUT2D eigenvalue weighted by Crippen LogP contribution is 2.52. The lowest BCUT2D eigenvalue weighted by Gasteiger charge is -2.18. The second-order valence-corrected chi connectivity index (χ2v) is 9.10. The first-order valence-electron chi connectivity index (χ1n) is 7.31. The molecular formula is C14H21F3O5P2. The molecule has 0 saturated carbocycles. The molecule has 138 valence electrons. The molecular weight excluding hydrogens is 367 g/mol. The van der Waals surface area contributed by atoms with Crippen LogP contribution in [0.3, 0.4) is 0 Å². The summed E-state index contributed by atoms with van der Waals surface area (Å²) in [6.45, 7) is 4.89. The summed E-state index contributed by atoms with van der Waals surface area (Å²) in [5.41, 5.74) is -0.412. The fourth-order valence-corrected chi connectivity index (χ4v) is 4.95. The summed E-state index contributed by atoms with van der Waals surface area (Å²) >= 11 is 0. The normalized spacial score (nSPS) is 18.6. The predicted molar refractivity (Wildman–Crippen MR) is 85.5 cm³/mol. The molecule has 1 rings (SSSR count). The smallest absolute Gasteiger partial charge is 0.324 e. The van der Waals surface area contributed by atoms with Crippen molar-refractivity contribution >= 4 is 15.6 Å². The van der Waals surface area contributed by atoms with Crippen LogP contribution >= 0.6 is 15.6 Å². The van der Waals surface area contributed by atoms with E-state index in [0.717, 1.165) is 12.1 Å². The fourth-order valence-electron chi connectivity index (χ4n) is 1.80. The van der Waals surface area contributed by atoms with Crippen molar-refractivity contribution in [3.63, 3.8) is 0 Å². The number of benzene rings is 1. The van der Waals surface area contributed by atoms with E-state index in [1.54, 1.807) is 13.8 Å². The van der Waals surface area contributed by atoms with Gasteiger partial charge in [0.2, 0.25) is 8.03 Å². The first-order chi connectivity index (χ1) is 10.9. The molecule has 0 saturated heterocycles. The van der Waals surface area contributed by atoms with Crippen molar-refractivity contribution in [3.05, 3.63) is 35.4 Å². The van der Waals surface area contributed by atoms with Crippen molar-refractivity contribution in [2.75, 3.05) is 5.90 Å². The van der Waals surface area contributed by atoms with Gasteiger partial charge >= 0.3 is 13.8 Å². The SMILES string of the molecule is CCC(C)OP(=O)(O)C[PH](=O)OC(C)c1ccc(C(F)(F)F)cc1. The molecule has 0 aliphatic carbocycles.